The van der Waals surface area contributed by atoms with Gasteiger partial charge in [-0.15, -0.1) is 10.2 Å². The minimum Gasteiger partial charge on any atom is -0.490 e. The molecule has 1 aliphatic heterocycles. The Morgan fingerprint density at radius 1 is 1.14 bits per heavy atom. The maximum absolute atomic E-state index is 12.4. The van der Waals surface area contributed by atoms with Gasteiger partial charge in [0.1, 0.15) is 17.9 Å². The second-order valence-electron chi connectivity index (χ2n) is 7.80. The number of aryl methyl sites for hydroxylation is 1. The van der Waals surface area contributed by atoms with Gasteiger partial charge in [0.15, 0.2) is 0 Å². The second kappa shape index (κ2) is 8.23. The molecule has 1 aromatic heterocycles. The fraction of sp³-hybridized carbons (Fsp3) is 0.524. The summed E-state index contributed by atoms with van der Waals surface area (Å²) in [6.07, 6.45) is 3.85. The molecule has 0 spiro atoms. The average molecular weight is 398 g/mol. The van der Waals surface area contributed by atoms with Gasteiger partial charge in [0.2, 0.25) is 17.7 Å². The Morgan fingerprint density at radius 2 is 1.83 bits per heavy atom. The van der Waals surface area contributed by atoms with E-state index in [4.69, 9.17) is 9.15 Å². The molecular weight excluding hydrogens is 372 g/mol. The van der Waals surface area contributed by atoms with E-state index in [1.807, 2.05) is 4.90 Å². The van der Waals surface area contributed by atoms with E-state index in [0.29, 0.717) is 23.3 Å². The number of nitrogens with one attached hydrogen (secondary N) is 1. The Labute approximate surface area is 169 Å². The van der Waals surface area contributed by atoms with Gasteiger partial charge in [-0.25, -0.2) is 0 Å². The first-order valence-electron chi connectivity index (χ1n) is 10.2. The van der Waals surface area contributed by atoms with E-state index < -0.39 is 0 Å². The molecule has 154 valence electrons. The third-order valence-electron chi connectivity index (χ3n) is 5.36. The summed E-state index contributed by atoms with van der Waals surface area (Å²) in [5.41, 5.74) is 0.533. The molecule has 1 aromatic carbocycles. The fourth-order valence-electron chi connectivity index (χ4n) is 3.49. The Morgan fingerprint density at radius 3 is 2.41 bits per heavy atom. The third kappa shape index (κ3) is 4.75. The van der Waals surface area contributed by atoms with Crippen LogP contribution in [-0.4, -0.2) is 46.1 Å². The molecule has 1 saturated heterocycles. The van der Waals surface area contributed by atoms with Crippen LogP contribution in [-0.2, 0) is 4.79 Å². The summed E-state index contributed by atoms with van der Waals surface area (Å²) in [5, 5.41) is 10.5. The van der Waals surface area contributed by atoms with Gasteiger partial charge in [0.05, 0.1) is 0 Å². The summed E-state index contributed by atoms with van der Waals surface area (Å²) in [6.45, 7) is 5.02. The first-order chi connectivity index (χ1) is 14.0. The number of rotatable bonds is 6. The zero-order chi connectivity index (χ0) is 20.4. The van der Waals surface area contributed by atoms with Crippen molar-refractivity contribution in [1.29, 1.82) is 0 Å². The van der Waals surface area contributed by atoms with Crippen LogP contribution in [0.25, 0.3) is 0 Å². The quantitative estimate of drug-likeness (QED) is 0.803. The standard InChI is InChI=1S/C21H26N4O4/c1-13(20-24-23-14(2)28-20)22-19(26)15-5-7-17(8-6-15)29-18-9-11-25(12-10-18)21(27)16-3-4-16/h5-8,13,16,18H,3-4,9-12H2,1-2H3,(H,22,26)/t13-/m1/s1. The predicted molar refractivity (Wildman–Crippen MR) is 104 cm³/mol. The van der Waals surface area contributed by atoms with Crippen LogP contribution >= 0.6 is 0 Å². The van der Waals surface area contributed by atoms with E-state index in [9.17, 15) is 9.59 Å². The van der Waals surface area contributed by atoms with Crippen molar-refractivity contribution in [3.05, 3.63) is 41.6 Å². The molecule has 4 rings (SSSR count). The van der Waals surface area contributed by atoms with Gasteiger partial charge >= 0.3 is 0 Å². The molecule has 29 heavy (non-hydrogen) atoms. The van der Waals surface area contributed by atoms with Gasteiger partial charge in [-0.1, -0.05) is 0 Å². The summed E-state index contributed by atoms with van der Waals surface area (Å²) in [5.74, 6) is 1.94. The van der Waals surface area contributed by atoms with Crippen LogP contribution in [0.2, 0.25) is 0 Å². The molecule has 0 unspecified atom stereocenters. The van der Waals surface area contributed by atoms with Crippen LogP contribution in [0.3, 0.4) is 0 Å². The monoisotopic (exact) mass is 398 g/mol. The second-order valence-corrected chi connectivity index (χ2v) is 7.80. The Kier molecular flexibility index (Phi) is 5.51. The predicted octanol–water partition coefficient (Wildman–Crippen LogP) is 2.65. The summed E-state index contributed by atoms with van der Waals surface area (Å²) in [4.78, 5) is 26.5. The Balaban J connectivity index is 1.26. The maximum Gasteiger partial charge on any atom is 0.251 e. The van der Waals surface area contributed by atoms with Crippen molar-refractivity contribution in [2.45, 2.75) is 51.7 Å². The molecule has 2 aliphatic rings. The SMILES string of the molecule is Cc1nnc([C@@H](C)NC(=O)c2ccc(OC3CCN(C(=O)C4CC4)CC3)cc2)o1. The van der Waals surface area contributed by atoms with Crippen LogP contribution in [0.15, 0.2) is 28.7 Å². The van der Waals surface area contributed by atoms with E-state index in [2.05, 4.69) is 15.5 Å². The van der Waals surface area contributed by atoms with E-state index in [1.165, 1.54) is 0 Å². The maximum atomic E-state index is 12.4. The van der Waals surface area contributed by atoms with Crippen molar-refractivity contribution in [3.8, 4) is 5.75 Å². The molecule has 8 nitrogen and oxygen atoms in total. The van der Waals surface area contributed by atoms with Crippen molar-refractivity contribution >= 4 is 11.8 Å². The smallest absolute Gasteiger partial charge is 0.251 e. The number of piperidine rings is 1. The van der Waals surface area contributed by atoms with Gasteiger partial charge in [-0.3, -0.25) is 9.59 Å². The highest BCUT2D eigenvalue weighted by Crippen LogP contribution is 2.32. The summed E-state index contributed by atoms with van der Waals surface area (Å²) < 4.78 is 11.4. The van der Waals surface area contributed by atoms with Gasteiger partial charge in [0, 0.05) is 44.3 Å². The highest BCUT2D eigenvalue weighted by atomic mass is 16.5. The first kappa shape index (κ1) is 19.4. The lowest BCUT2D eigenvalue weighted by atomic mass is 10.1. The topological polar surface area (TPSA) is 97.6 Å². The number of ether oxygens (including phenoxy) is 1. The molecule has 0 radical (unpaired) electrons. The molecular formula is C21H26N4O4. The first-order valence-corrected chi connectivity index (χ1v) is 10.2. The van der Waals surface area contributed by atoms with Crippen molar-refractivity contribution in [2.75, 3.05) is 13.1 Å². The molecule has 1 N–H and O–H groups in total. The molecule has 1 saturated carbocycles. The van der Waals surface area contributed by atoms with Crippen molar-refractivity contribution < 1.29 is 18.7 Å². The highest BCUT2D eigenvalue weighted by Gasteiger charge is 2.35. The lowest BCUT2D eigenvalue weighted by Crippen LogP contribution is -2.42. The van der Waals surface area contributed by atoms with Crippen LogP contribution < -0.4 is 10.1 Å². The molecule has 1 aliphatic carbocycles. The number of hydrogen-bond acceptors (Lipinski definition) is 6. The fourth-order valence-corrected chi connectivity index (χ4v) is 3.49. The summed E-state index contributed by atoms with van der Waals surface area (Å²) in [7, 11) is 0. The Bertz CT molecular complexity index is 867. The highest BCUT2D eigenvalue weighted by molar-refractivity contribution is 5.94. The molecule has 2 aromatic rings. The van der Waals surface area contributed by atoms with Crippen molar-refractivity contribution in [1.82, 2.24) is 20.4 Å². The molecule has 0 bridgehead atoms. The number of carbonyl (C=O) groups excluding carboxylic acids is 2. The molecule has 2 amide bonds. The van der Waals surface area contributed by atoms with E-state index in [-0.39, 0.29) is 24.0 Å². The normalized spacial score (nSPS) is 18.3. The van der Waals surface area contributed by atoms with Gasteiger partial charge < -0.3 is 19.4 Å². The lowest BCUT2D eigenvalue weighted by molar-refractivity contribution is -0.134. The van der Waals surface area contributed by atoms with E-state index in [1.54, 1.807) is 38.1 Å². The van der Waals surface area contributed by atoms with Crippen molar-refractivity contribution in [3.63, 3.8) is 0 Å². The zero-order valence-electron chi connectivity index (χ0n) is 16.8. The van der Waals surface area contributed by atoms with Gasteiger partial charge in [-0.2, -0.15) is 0 Å². The van der Waals surface area contributed by atoms with Crippen LogP contribution in [0.5, 0.6) is 5.75 Å². The number of hydrogen-bond donors (Lipinski definition) is 1. The molecule has 8 heteroatoms. The molecule has 1 atom stereocenters. The van der Waals surface area contributed by atoms with Crippen LogP contribution in [0.4, 0.5) is 0 Å². The van der Waals surface area contributed by atoms with Crippen LogP contribution in [0.1, 0.15) is 60.8 Å². The van der Waals surface area contributed by atoms with E-state index >= 15 is 0 Å². The Hall–Kier alpha value is -2.90. The summed E-state index contributed by atoms with van der Waals surface area (Å²) >= 11 is 0. The number of amides is 2. The number of likely N-dealkylation sites (tertiary alicyclic amines) is 1. The molecule has 2 heterocycles. The number of aromatic nitrogens is 2. The largest absolute Gasteiger partial charge is 0.490 e. The van der Waals surface area contributed by atoms with Crippen LogP contribution in [0, 0.1) is 12.8 Å². The van der Waals surface area contributed by atoms with Gasteiger partial charge in [-0.05, 0) is 44.0 Å². The van der Waals surface area contributed by atoms with E-state index in [0.717, 1.165) is 44.5 Å². The summed E-state index contributed by atoms with van der Waals surface area (Å²) in [6, 6.07) is 6.71. The zero-order valence-corrected chi connectivity index (χ0v) is 16.8. The number of benzene rings is 1. The lowest BCUT2D eigenvalue weighted by Gasteiger charge is -2.32. The van der Waals surface area contributed by atoms with Gasteiger partial charge in [0.25, 0.3) is 5.91 Å². The molecule has 2 fully saturated rings. The number of carbonyl (C=O) groups is 2. The minimum absolute atomic E-state index is 0.0960. The average Bonchev–Trinajstić information content (AvgIpc) is 3.49. The van der Waals surface area contributed by atoms with Crippen molar-refractivity contribution in [2.24, 2.45) is 5.92 Å². The minimum atomic E-state index is -0.372. The number of nitrogens with zero attached hydrogens (tertiary/aromatic N) is 3. The third-order valence-corrected chi connectivity index (χ3v) is 5.36.